The number of carbonyl (C=O) groups excluding carboxylic acids is 1. The number of benzene rings is 1. The largest absolute Gasteiger partial charge is 0.324 e. The lowest BCUT2D eigenvalue weighted by Crippen LogP contribution is -2.11. The van der Waals surface area contributed by atoms with Crippen LogP contribution >= 0.6 is 11.3 Å². The van der Waals surface area contributed by atoms with Crippen molar-refractivity contribution in [3.8, 4) is 10.6 Å². The van der Waals surface area contributed by atoms with Crippen LogP contribution in [0.3, 0.4) is 0 Å². The Morgan fingerprint density at radius 2 is 1.83 bits per heavy atom. The fourth-order valence-electron chi connectivity index (χ4n) is 1.97. The first kappa shape index (κ1) is 16.2. The van der Waals surface area contributed by atoms with Crippen LogP contribution in [0.1, 0.15) is 9.67 Å². The molecule has 0 atom stereocenters. The average molecular weight is 360 g/mol. The molecule has 24 heavy (non-hydrogen) atoms. The van der Waals surface area contributed by atoms with Crippen molar-refractivity contribution in [1.29, 1.82) is 0 Å². The Balaban J connectivity index is 1.83. The highest BCUT2D eigenvalue weighted by Gasteiger charge is 2.08. The first-order valence-corrected chi connectivity index (χ1v) is 9.10. The minimum absolute atomic E-state index is 0.0303. The van der Waals surface area contributed by atoms with Crippen LogP contribution in [0, 0.1) is 0 Å². The predicted octanol–water partition coefficient (Wildman–Crippen LogP) is 2.41. The number of hydrogen-bond acceptors (Lipinski definition) is 7. The Bertz CT molecular complexity index is 982. The van der Waals surface area contributed by atoms with Gasteiger partial charge in [0.05, 0.1) is 20.3 Å². The molecule has 0 amide bonds. The lowest BCUT2D eigenvalue weighted by atomic mass is 10.3. The van der Waals surface area contributed by atoms with Gasteiger partial charge in [0.15, 0.2) is 6.29 Å². The number of thiophene rings is 1. The summed E-state index contributed by atoms with van der Waals surface area (Å²) >= 11 is 1.34. The Hall–Kier alpha value is -2.62. The fourth-order valence-corrected chi connectivity index (χ4v) is 3.27. The van der Waals surface area contributed by atoms with E-state index in [4.69, 9.17) is 5.14 Å². The number of carbonyl (C=O) groups is 1. The van der Waals surface area contributed by atoms with Crippen molar-refractivity contribution in [1.82, 2.24) is 9.97 Å². The molecule has 0 radical (unpaired) electrons. The minimum atomic E-state index is -3.72. The first-order valence-electron chi connectivity index (χ1n) is 6.74. The number of rotatable bonds is 5. The van der Waals surface area contributed by atoms with Gasteiger partial charge >= 0.3 is 0 Å². The van der Waals surface area contributed by atoms with Crippen molar-refractivity contribution >= 4 is 39.3 Å². The molecule has 0 saturated carbocycles. The van der Waals surface area contributed by atoms with Crippen LogP contribution < -0.4 is 10.5 Å². The standard InChI is InChI=1S/C15H12N4O3S2/c16-24(21,22)12-4-1-10(2-5-12)18-15-17-8-7-13(19-15)14-6-3-11(9-20)23-14/h1-9H,(H2,16,21,22)(H,17,18,19). The Morgan fingerprint density at radius 3 is 2.46 bits per heavy atom. The van der Waals surface area contributed by atoms with Crippen LogP contribution in [0.4, 0.5) is 11.6 Å². The number of nitrogens with one attached hydrogen (secondary N) is 1. The van der Waals surface area contributed by atoms with Crippen LogP contribution in [0.5, 0.6) is 0 Å². The summed E-state index contributed by atoms with van der Waals surface area (Å²) in [6.45, 7) is 0. The minimum Gasteiger partial charge on any atom is -0.324 e. The quantitative estimate of drug-likeness (QED) is 0.675. The number of primary sulfonamides is 1. The molecule has 0 bridgehead atoms. The molecule has 3 N–H and O–H groups in total. The van der Waals surface area contributed by atoms with Crippen LogP contribution in [0.25, 0.3) is 10.6 Å². The number of nitrogens with two attached hydrogens (primary N) is 1. The van der Waals surface area contributed by atoms with Gasteiger partial charge in [-0.15, -0.1) is 11.3 Å². The lowest BCUT2D eigenvalue weighted by Gasteiger charge is -2.06. The molecule has 1 aromatic carbocycles. The van der Waals surface area contributed by atoms with Crippen molar-refractivity contribution in [2.24, 2.45) is 5.14 Å². The van der Waals surface area contributed by atoms with Gasteiger partial charge in [0.1, 0.15) is 0 Å². The number of aromatic nitrogens is 2. The van der Waals surface area contributed by atoms with Crippen LogP contribution in [0.2, 0.25) is 0 Å². The summed E-state index contributed by atoms with van der Waals surface area (Å²) in [4.78, 5) is 20.8. The molecule has 3 aromatic rings. The van der Waals surface area contributed by atoms with Crippen molar-refractivity contribution in [3.05, 3.63) is 53.5 Å². The van der Waals surface area contributed by atoms with Gasteiger partial charge < -0.3 is 5.32 Å². The molecule has 0 saturated heterocycles. The maximum absolute atomic E-state index is 11.2. The van der Waals surface area contributed by atoms with Crippen LogP contribution in [0.15, 0.2) is 53.6 Å². The Morgan fingerprint density at radius 1 is 1.08 bits per heavy atom. The molecule has 0 unspecified atom stereocenters. The van der Waals surface area contributed by atoms with Crippen LogP contribution in [-0.4, -0.2) is 24.7 Å². The molecule has 0 fully saturated rings. The summed E-state index contributed by atoms with van der Waals surface area (Å²) in [6.07, 6.45) is 2.39. The molecule has 0 aliphatic carbocycles. The Kier molecular flexibility index (Phi) is 4.38. The number of hydrogen-bond donors (Lipinski definition) is 2. The highest BCUT2D eigenvalue weighted by molar-refractivity contribution is 7.89. The molecule has 2 heterocycles. The van der Waals surface area contributed by atoms with Gasteiger partial charge in [-0.05, 0) is 42.5 Å². The van der Waals surface area contributed by atoms with E-state index in [1.165, 1.54) is 23.5 Å². The molecule has 3 rings (SSSR count). The van der Waals surface area contributed by atoms with Crippen molar-refractivity contribution in [2.75, 3.05) is 5.32 Å². The normalized spacial score (nSPS) is 11.2. The topological polar surface area (TPSA) is 115 Å². The van der Waals surface area contributed by atoms with Gasteiger partial charge in [-0.3, -0.25) is 4.79 Å². The van der Waals surface area contributed by atoms with E-state index in [1.54, 1.807) is 30.5 Å². The highest BCUT2D eigenvalue weighted by atomic mass is 32.2. The van der Waals surface area contributed by atoms with Crippen molar-refractivity contribution in [2.45, 2.75) is 4.90 Å². The van der Waals surface area contributed by atoms with Gasteiger partial charge in [0, 0.05) is 11.9 Å². The number of aldehydes is 1. The smallest absolute Gasteiger partial charge is 0.238 e. The molecule has 2 aromatic heterocycles. The first-order chi connectivity index (χ1) is 11.5. The maximum atomic E-state index is 11.2. The fraction of sp³-hybridized carbons (Fsp3) is 0. The number of nitrogens with zero attached hydrogens (tertiary/aromatic N) is 2. The number of anilines is 2. The third-order valence-corrected chi connectivity index (χ3v) is 5.05. The molecule has 0 spiro atoms. The van der Waals surface area contributed by atoms with Gasteiger partial charge in [-0.1, -0.05) is 0 Å². The van der Waals surface area contributed by atoms with E-state index < -0.39 is 10.0 Å². The lowest BCUT2D eigenvalue weighted by molar-refractivity contribution is 0.112. The Labute approximate surface area is 142 Å². The third-order valence-electron chi connectivity index (χ3n) is 3.09. The molecule has 9 heteroatoms. The second-order valence-corrected chi connectivity index (χ2v) is 7.46. The third kappa shape index (κ3) is 3.65. The molecule has 0 aliphatic rings. The van der Waals surface area contributed by atoms with E-state index in [2.05, 4.69) is 15.3 Å². The zero-order valence-electron chi connectivity index (χ0n) is 12.2. The van der Waals surface area contributed by atoms with Crippen molar-refractivity contribution in [3.63, 3.8) is 0 Å². The monoisotopic (exact) mass is 360 g/mol. The second-order valence-electron chi connectivity index (χ2n) is 4.78. The molecular formula is C15H12N4O3S2. The van der Waals surface area contributed by atoms with Gasteiger partial charge in [0.2, 0.25) is 16.0 Å². The van der Waals surface area contributed by atoms with E-state index in [1.807, 2.05) is 6.07 Å². The van der Waals surface area contributed by atoms with Crippen molar-refractivity contribution < 1.29 is 13.2 Å². The molecule has 122 valence electrons. The summed E-state index contributed by atoms with van der Waals surface area (Å²) in [6, 6.07) is 11.2. The summed E-state index contributed by atoms with van der Waals surface area (Å²) < 4.78 is 22.5. The van der Waals surface area contributed by atoms with Gasteiger partial charge in [-0.2, -0.15) is 0 Å². The molecular weight excluding hydrogens is 348 g/mol. The SMILES string of the molecule is NS(=O)(=O)c1ccc(Nc2nccc(-c3ccc(C=O)s3)n2)cc1. The zero-order chi connectivity index (χ0) is 17.2. The van der Waals surface area contributed by atoms with Gasteiger partial charge in [-0.25, -0.2) is 23.5 Å². The highest BCUT2D eigenvalue weighted by Crippen LogP contribution is 2.26. The van der Waals surface area contributed by atoms with E-state index in [-0.39, 0.29) is 4.90 Å². The summed E-state index contributed by atoms with van der Waals surface area (Å²) in [5.41, 5.74) is 1.31. The summed E-state index contributed by atoms with van der Waals surface area (Å²) in [5.74, 6) is 0.358. The number of sulfonamides is 1. The summed E-state index contributed by atoms with van der Waals surface area (Å²) in [5, 5.41) is 8.05. The van der Waals surface area contributed by atoms with E-state index in [0.717, 1.165) is 11.2 Å². The average Bonchev–Trinajstić information content (AvgIpc) is 3.04. The van der Waals surface area contributed by atoms with Gasteiger partial charge in [0.25, 0.3) is 0 Å². The second kappa shape index (κ2) is 6.48. The van der Waals surface area contributed by atoms with E-state index in [9.17, 15) is 13.2 Å². The maximum Gasteiger partial charge on any atom is 0.238 e. The predicted molar refractivity (Wildman–Crippen MR) is 91.8 cm³/mol. The molecule has 7 nitrogen and oxygen atoms in total. The van der Waals surface area contributed by atoms with E-state index >= 15 is 0 Å². The van der Waals surface area contributed by atoms with Crippen LogP contribution in [-0.2, 0) is 10.0 Å². The van der Waals surface area contributed by atoms with E-state index in [0.29, 0.717) is 22.2 Å². The summed E-state index contributed by atoms with van der Waals surface area (Å²) in [7, 11) is -3.72. The molecule has 0 aliphatic heterocycles. The zero-order valence-corrected chi connectivity index (χ0v) is 13.8.